The summed E-state index contributed by atoms with van der Waals surface area (Å²) in [6.45, 7) is 2.16. The van der Waals surface area contributed by atoms with E-state index < -0.39 is 5.41 Å². The highest BCUT2D eigenvalue weighted by Gasteiger charge is 2.51. The first-order chi connectivity index (χ1) is 12.7. The lowest BCUT2D eigenvalue weighted by Crippen LogP contribution is -2.47. The number of rotatable bonds is 3. The minimum atomic E-state index is -0.500. The van der Waals surface area contributed by atoms with Gasteiger partial charge < -0.3 is 15.0 Å². The first-order valence-corrected chi connectivity index (χ1v) is 8.88. The van der Waals surface area contributed by atoms with E-state index in [2.05, 4.69) is 11.4 Å². The Balaban J connectivity index is 1.74. The van der Waals surface area contributed by atoms with E-state index in [-0.39, 0.29) is 5.91 Å². The van der Waals surface area contributed by atoms with Gasteiger partial charge in [0, 0.05) is 5.69 Å². The highest BCUT2D eigenvalue weighted by Crippen LogP contribution is 2.47. The number of carbonyl (C=O) groups excluding carboxylic acids is 1. The fourth-order valence-electron chi connectivity index (χ4n) is 4.11. The molecule has 1 N–H and O–H groups in total. The van der Waals surface area contributed by atoms with Gasteiger partial charge in [-0.3, -0.25) is 4.79 Å². The summed E-state index contributed by atoms with van der Waals surface area (Å²) in [4.78, 5) is 15.3. The standard InChI is InChI=1S/C21H21N3O2/c1-26-17-5-2-15(3-6-17)14-24-19-7-4-16(13-22)12-18(19)21(20(24)25)8-10-23-11-9-21/h2-7,12,23H,8-11,14H2,1H3. The molecule has 2 aromatic carbocycles. The maximum absolute atomic E-state index is 13.5. The number of piperidine rings is 1. The first-order valence-electron chi connectivity index (χ1n) is 8.88. The van der Waals surface area contributed by atoms with E-state index in [1.807, 2.05) is 41.3 Å². The zero-order valence-corrected chi connectivity index (χ0v) is 14.8. The van der Waals surface area contributed by atoms with Crippen LogP contribution in [0.4, 0.5) is 5.69 Å². The molecular weight excluding hydrogens is 326 g/mol. The van der Waals surface area contributed by atoms with Crippen LogP contribution < -0.4 is 15.0 Å². The molecule has 26 heavy (non-hydrogen) atoms. The van der Waals surface area contributed by atoms with Crippen molar-refractivity contribution in [3.8, 4) is 11.8 Å². The summed E-state index contributed by atoms with van der Waals surface area (Å²) >= 11 is 0. The van der Waals surface area contributed by atoms with Gasteiger partial charge in [-0.25, -0.2) is 0 Å². The van der Waals surface area contributed by atoms with Crippen LogP contribution in [-0.4, -0.2) is 26.1 Å². The number of nitrogens with one attached hydrogen (secondary N) is 1. The molecule has 0 radical (unpaired) electrons. The third-order valence-corrected chi connectivity index (χ3v) is 5.54. The molecular formula is C21H21N3O2. The van der Waals surface area contributed by atoms with E-state index in [9.17, 15) is 10.1 Å². The number of anilines is 1. The Kier molecular flexibility index (Phi) is 4.14. The minimum Gasteiger partial charge on any atom is -0.497 e. The molecule has 0 aromatic heterocycles. The molecule has 1 amide bonds. The molecule has 2 aromatic rings. The lowest BCUT2D eigenvalue weighted by molar-refractivity contribution is -0.124. The first kappa shape index (κ1) is 16.6. The van der Waals surface area contributed by atoms with Crippen molar-refractivity contribution < 1.29 is 9.53 Å². The summed E-state index contributed by atoms with van der Waals surface area (Å²) < 4.78 is 5.21. The summed E-state index contributed by atoms with van der Waals surface area (Å²) in [5.41, 5.74) is 3.12. The number of carbonyl (C=O) groups is 1. The summed E-state index contributed by atoms with van der Waals surface area (Å²) in [6.07, 6.45) is 1.54. The van der Waals surface area contributed by atoms with E-state index >= 15 is 0 Å². The number of methoxy groups -OCH3 is 1. The van der Waals surface area contributed by atoms with Crippen molar-refractivity contribution in [2.45, 2.75) is 24.8 Å². The van der Waals surface area contributed by atoms with Crippen LogP contribution in [0.3, 0.4) is 0 Å². The van der Waals surface area contributed by atoms with Crippen molar-refractivity contribution >= 4 is 11.6 Å². The maximum Gasteiger partial charge on any atom is 0.238 e. The van der Waals surface area contributed by atoms with Gasteiger partial charge in [-0.15, -0.1) is 0 Å². The average molecular weight is 347 g/mol. The predicted molar refractivity (Wildman–Crippen MR) is 99.1 cm³/mol. The van der Waals surface area contributed by atoms with Crippen LogP contribution in [0.1, 0.15) is 29.5 Å². The molecule has 0 unspecified atom stereocenters. The normalized spacial score (nSPS) is 17.8. The second-order valence-corrected chi connectivity index (χ2v) is 6.92. The third kappa shape index (κ3) is 2.54. The molecule has 2 aliphatic rings. The number of fused-ring (bicyclic) bond motifs is 2. The van der Waals surface area contributed by atoms with Gasteiger partial charge in [0.2, 0.25) is 5.91 Å². The topological polar surface area (TPSA) is 65.4 Å². The fraction of sp³-hybridized carbons (Fsp3) is 0.333. The number of hydrogen-bond donors (Lipinski definition) is 1. The quantitative estimate of drug-likeness (QED) is 0.927. The molecule has 5 heteroatoms. The summed E-state index contributed by atoms with van der Waals surface area (Å²) in [5.74, 6) is 0.954. The van der Waals surface area contributed by atoms with Crippen molar-refractivity contribution in [3.63, 3.8) is 0 Å². The van der Waals surface area contributed by atoms with Gasteiger partial charge in [0.1, 0.15) is 5.75 Å². The fourth-order valence-corrected chi connectivity index (χ4v) is 4.11. The van der Waals surface area contributed by atoms with Crippen LogP contribution in [0.2, 0.25) is 0 Å². The second kappa shape index (κ2) is 6.47. The molecule has 1 fully saturated rings. The van der Waals surface area contributed by atoms with Gasteiger partial charge in [0.05, 0.1) is 30.7 Å². The van der Waals surface area contributed by atoms with E-state index in [0.29, 0.717) is 12.1 Å². The van der Waals surface area contributed by atoms with Gasteiger partial charge in [-0.05, 0) is 67.4 Å². The maximum atomic E-state index is 13.5. The van der Waals surface area contributed by atoms with Crippen LogP contribution in [0.5, 0.6) is 5.75 Å². The smallest absolute Gasteiger partial charge is 0.238 e. The van der Waals surface area contributed by atoms with Crippen molar-refractivity contribution in [1.29, 1.82) is 5.26 Å². The Bertz CT molecular complexity index is 877. The Morgan fingerprint density at radius 2 is 1.92 bits per heavy atom. The summed E-state index contributed by atoms with van der Waals surface area (Å²) in [5, 5.41) is 12.6. The number of hydrogen-bond acceptors (Lipinski definition) is 4. The number of benzene rings is 2. The molecule has 0 saturated carbocycles. The molecule has 132 valence electrons. The molecule has 5 nitrogen and oxygen atoms in total. The Morgan fingerprint density at radius 3 is 2.58 bits per heavy atom. The van der Waals surface area contributed by atoms with Crippen LogP contribution in [0.25, 0.3) is 0 Å². The zero-order chi connectivity index (χ0) is 18.1. The molecule has 1 spiro atoms. The highest BCUT2D eigenvalue weighted by molar-refractivity contribution is 6.08. The largest absolute Gasteiger partial charge is 0.497 e. The predicted octanol–water partition coefficient (Wildman–Crippen LogP) is 2.73. The lowest BCUT2D eigenvalue weighted by atomic mass is 9.74. The Hall–Kier alpha value is -2.84. The summed E-state index contributed by atoms with van der Waals surface area (Å²) in [6, 6.07) is 15.6. The summed E-state index contributed by atoms with van der Waals surface area (Å²) in [7, 11) is 1.64. The van der Waals surface area contributed by atoms with Crippen LogP contribution in [-0.2, 0) is 16.8 Å². The highest BCUT2D eigenvalue weighted by atomic mass is 16.5. The van der Waals surface area contributed by atoms with E-state index in [1.165, 1.54) is 0 Å². The van der Waals surface area contributed by atoms with Gasteiger partial charge in [0.25, 0.3) is 0 Å². The Labute approximate surface area is 153 Å². The molecule has 4 rings (SSSR count). The van der Waals surface area contributed by atoms with E-state index in [0.717, 1.165) is 48.5 Å². The second-order valence-electron chi connectivity index (χ2n) is 6.92. The zero-order valence-electron chi connectivity index (χ0n) is 14.8. The van der Waals surface area contributed by atoms with Gasteiger partial charge in [0.15, 0.2) is 0 Å². The number of nitrogens with zero attached hydrogens (tertiary/aromatic N) is 2. The van der Waals surface area contributed by atoms with Crippen molar-refractivity contribution in [2.24, 2.45) is 0 Å². The molecule has 2 heterocycles. The number of ether oxygens (including phenoxy) is 1. The third-order valence-electron chi connectivity index (χ3n) is 5.54. The van der Waals surface area contributed by atoms with Gasteiger partial charge >= 0.3 is 0 Å². The SMILES string of the molecule is COc1ccc(CN2C(=O)C3(CCNCC3)c3cc(C#N)ccc32)cc1. The molecule has 0 atom stereocenters. The number of nitriles is 1. The number of amides is 1. The van der Waals surface area contributed by atoms with Crippen LogP contribution in [0.15, 0.2) is 42.5 Å². The van der Waals surface area contributed by atoms with Crippen LogP contribution in [0, 0.1) is 11.3 Å². The molecule has 0 aliphatic carbocycles. The van der Waals surface area contributed by atoms with E-state index in [1.54, 1.807) is 13.2 Å². The van der Waals surface area contributed by atoms with Crippen molar-refractivity contribution in [3.05, 3.63) is 59.2 Å². The molecule has 2 aliphatic heterocycles. The van der Waals surface area contributed by atoms with Gasteiger partial charge in [-0.2, -0.15) is 5.26 Å². The Morgan fingerprint density at radius 1 is 1.19 bits per heavy atom. The van der Waals surface area contributed by atoms with Crippen LogP contribution >= 0.6 is 0 Å². The lowest BCUT2D eigenvalue weighted by Gasteiger charge is -2.33. The van der Waals surface area contributed by atoms with Gasteiger partial charge in [-0.1, -0.05) is 12.1 Å². The van der Waals surface area contributed by atoms with Crippen molar-refractivity contribution in [2.75, 3.05) is 25.1 Å². The van der Waals surface area contributed by atoms with Crippen molar-refractivity contribution in [1.82, 2.24) is 5.32 Å². The van der Waals surface area contributed by atoms with E-state index in [4.69, 9.17) is 4.74 Å². The minimum absolute atomic E-state index is 0.153. The average Bonchev–Trinajstić information content (AvgIpc) is 2.91. The molecule has 0 bridgehead atoms. The monoisotopic (exact) mass is 347 g/mol. The molecule has 1 saturated heterocycles.